The summed E-state index contributed by atoms with van der Waals surface area (Å²) in [5.74, 6) is -0.389. The molecule has 1 saturated carbocycles. The molecule has 0 spiro atoms. The average molecular weight is 432 g/mol. The Kier molecular flexibility index (Phi) is 6.51. The van der Waals surface area contributed by atoms with Gasteiger partial charge in [0.2, 0.25) is 0 Å². The molecule has 5 nitrogen and oxygen atoms in total. The number of halogens is 1. The maximum atomic E-state index is 13.9. The van der Waals surface area contributed by atoms with Gasteiger partial charge in [-0.2, -0.15) is 0 Å². The molecule has 2 heterocycles. The van der Waals surface area contributed by atoms with Crippen LogP contribution in [0.3, 0.4) is 0 Å². The van der Waals surface area contributed by atoms with Gasteiger partial charge in [-0.15, -0.1) is 11.8 Å². The highest BCUT2D eigenvalue weighted by molar-refractivity contribution is 8.03. The lowest BCUT2D eigenvalue weighted by Gasteiger charge is -2.46. The minimum absolute atomic E-state index is 0.0215. The lowest BCUT2D eigenvalue weighted by molar-refractivity contribution is -0.132. The predicted octanol–water partition coefficient (Wildman–Crippen LogP) is 3.74. The van der Waals surface area contributed by atoms with Crippen molar-refractivity contribution in [3.63, 3.8) is 0 Å². The molecule has 1 unspecified atom stereocenters. The Hall–Kier alpha value is -1.83. The first-order valence-corrected chi connectivity index (χ1v) is 11.7. The zero-order valence-electron chi connectivity index (χ0n) is 17.7. The van der Waals surface area contributed by atoms with Crippen LogP contribution in [-0.4, -0.2) is 69.9 Å². The largest absolute Gasteiger partial charge is 0.478 e. The van der Waals surface area contributed by atoms with Crippen LogP contribution >= 0.6 is 11.8 Å². The first-order chi connectivity index (χ1) is 14.5. The number of nitrogens with zero attached hydrogens (tertiary/aromatic N) is 3. The third-order valence-corrected chi connectivity index (χ3v) is 7.11. The van der Waals surface area contributed by atoms with Gasteiger partial charge in [-0.1, -0.05) is 19.1 Å². The summed E-state index contributed by atoms with van der Waals surface area (Å²) >= 11 is 1.56. The Morgan fingerprint density at radius 1 is 1.20 bits per heavy atom. The highest BCUT2D eigenvalue weighted by Crippen LogP contribution is 2.37. The smallest absolute Gasteiger partial charge is 0.338 e. The number of carbonyl (C=O) groups is 1. The number of thioether (sulfide) groups is 1. The standard InChI is InChI=1S/C23H30FN3O2S/c1-3-30-22-21(23(28)29)16(2)13-20(26-11-9-25(10-12-26)19-7-8-19)27(22)15-17-5-4-6-18(24)14-17/h4-6,13-14,19-20H,3,7-12,15H2,1-2H3,(H,28,29). The number of aliphatic carboxylic acids is 1. The van der Waals surface area contributed by atoms with Crippen LogP contribution in [0.5, 0.6) is 0 Å². The van der Waals surface area contributed by atoms with Crippen molar-refractivity contribution in [1.82, 2.24) is 14.7 Å². The van der Waals surface area contributed by atoms with E-state index in [1.807, 2.05) is 19.9 Å². The summed E-state index contributed by atoms with van der Waals surface area (Å²) in [6, 6.07) is 7.38. The van der Waals surface area contributed by atoms with Crippen molar-refractivity contribution < 1.29 is 14.3 Å². The van der Waals surface area contributed by atoms with Crippen molar-refractivity contribution >= 4 is 17.7 Å². The Bertz CT molecular complexity index is 860. The topological polar surface area (TPSA) is 47.0 Å². The molecule has 2 aliphatic heterocycles. The van der Waals surface area contributed by atoms with Gasteiger partial charge in [-0.05, 0) is 54.9 Å². The molecule has 1 aromatic rings. The van der Waals surface area contributed by atoms with Crippen LogP contribution in [0.25, 0.3) is 0 Å². The van der Waals surface area contributed by atoms with E-state index in [1.165, 1.54) is 18.9 Å². The van der Waals surface area contributed by atoms with Crippen molar-refractivity contribution in [3.05, 3.63) is 57.9 Å². The van der Waals surface area contributed by atoms with Crippen LogP contribution in [0.4, 0.5) is 4.39 Å². The van der Waals surface area contributed by atoms with Gasteiger partial charge < -0.3 is 10.0 Å². The van der Waals surface area contributed by atoms with Crippen molar-refractivity contribution in [2.24, 2.45) is 0 Å². The summed E-state index contributed by atoms with van der Waals surface area (Å²) < 4.78 is 13.9. The molecule has 2 fully saturated rings. The van der Waals surface area contributed by atoms with E-state index in [-0.39, 0.29) is 12.0 Å². The third-order valence-electron chi connectivity index (χ3n) is 6.11. The molecule has 7 heteroatoms. The normalized spacial score (nSPS) is 23.6. The molecule has 1 aromatic carbocycles. The zero-order valence-corrected chi connectivity index (χ0v) is 18.5. The van der Waals surface area contributed by atoms with Crippen molar-refractivity contribution in [2.45, 2.75) is 45.4 Å². The molecule has 4 rings (SSSR count). The van der Waals surface area contributed by atoms with Crippen molar-refractivity contribution in [3.8, 4) is 0 Å². The van der Waals surface area contributed by atoms with Crippen LogP contribution in [0.2, 0.25) is 0 Å². The highest BCUT2D eigenvalue weighted by Gasteiger charge is 2.37. The van der Waals surface area contributed by atoms with Crippen LogP contribution < -0.4 is 0 Å². The maximum Gasteiger partial charge on any atom is 0.338 e. The second-order valence-corrected chi connectivity index (χ2v) is 9.50. The van der Waals surface area contributed by atoms with Gasteiger partial charge in [0.15, 0.2) is 0 Å². The van der Waals surface area contributed by atoms with Gasteiger partial charge in [0.1, 0.15) is 12.0 Å². The fraction of sp³-hybridized carbons (Fsp3) is 0.522. The number of rotatable bonds is 7. The molecular formula is C23H30FN3O2S. The summed E-state index contributed by atoms with van der Waals surface area (Å²) in [5.41, 5.74) is 2.03. The molecule has 0 bridgehead atoms. The quantitative estimate of drug-likeness (QED) is 0.710. The first-order valence-electron chi connectivity index (χ1n) is 10.8. The van der Waals surface area contributed by atoms with Gasteiger partial charge >= 0.3 is 5.97 Å². The molecule has 1 aliphatic carbocycles. The van der Waals surface area contributed by atoms with E-state index >= 15 is 0 Å². The summed E-state index contributed by atoms with van der Waals surface area (Å²) in [4.78, 5) is 19.3. The second kappa shape index (κ2) is 9.12. The van der Waals surface area contributed by atoms with E-state index in [1.54, 1.807) is 23.9 Å². The van der Waals surface area contributed by atoms with Crippen LogP contribution in [0, 0.1) is 5.82 Å². The van der Waals surface area contributed by atoms with Crippen LogP contribution in [-0.2, 0) is 11.3 Å². The van der Waals surface area contributed by atoms with E-state index in [2.05, 4.69) is 20.8 Å². The highest BCUT2D eigenvalue weighted by atomic mass is 32.2. The van der Waals surface area contributed by atoms with E-state index in [0.29, 0.717) is 12.1 Å². The van der Waals surface area contributed by atoms with Crippen LogP contribution in [0.1, 0.15) is 32.3 Å². The number of carboxylic acid groups (broad SMARTS) is 1. The number of hydrogen-bond donors (Lipinski definition) is 1. The monoisotopic (exact) mass is 431 g/mol. The molecule has 0 amide bonds. The predicted molar refractivity (Wildman–Crippen MR) is 118 cm³/mol. The minimum atomic E-state index is -0.902. The van der Waals surface area contributed by atoms with Gasteiger partial charge in [0, 0.05) is 38.8 Å². The fourth-order valence-electron chi connectivity index (χ4n) is 4.49. The SMILES string of the molecule is CCSC1=C(C(=O)O)C(C)=CC(N2CCN(C3CC3)CC2)N1Cc1cccc(F)c1. The molecule has 1 saturated heterocycles. The molecule has 162 valence electrons. The Labute approximate surface area is 182 Å². The number of carboxylic acids is 1. The molecule has 0 aromatic heterocycles. The first kappa shape index (κ1) is 21.4. The summed E-state index contributed by atoms with van der Waals surface area (Å²) in [7, 11) is 0. The number of benzene rings is 1. The summed E-state index contributed by atoms with van der Waals surface area (Å²) in [6.45, 7) is 8.42. The van der Waals surface area contributed by atoms with Gasteiger partial charge in [0.05, 0.1) is 10.6 Å². The Balaban J connectivity index is 1.65. The lowest BCUT2D eigenvalue weighted by Crippen LogP contribution is -2.56. The fourth-order valence-corrected chi connectivity index (χ4v) is 5.49. The van der Waals surface area contributed by atoms with Crippen LogP contribution in [0.15, 0.2) is 46.5 Å². The van der Waals surface area contributed by atoms with Crippen molar-refractivity contribution in [1.29, 1.82) is 0 Å². The lowest BCUT2D eigenvalue weighted by atomic mass is 10.0. The summed E-state index contributed by atoms with van der Waals surface area (Å²) in [5, 5.41) is 10.7. The molecule has 1 N–H and O–H groups in total. The van der Waals surface area contributed by atoms with Gasteiger partial charge in [0.25, 0.3) is 0 Å². The van der Waals surface area contributed by atoms with E-state index in [0.717, 1.165) is 54.1 Å². The second-order valence-electron chi connectivity index (χ2n) is 8.24. The van der Waals surface area contributed by atoms with E-state index < -0.39 is 5.97 Å². The Morgan fingerprint density at radius 2 is 1.90 bits per heavy atom. The average Bonchev–Trinajstić information content (AvgIpc) is 3.55. The van der Waals surface area contributed by atoms with E-state index in [4.69, 9.17) is 0 Å². The Morgan fingerprint density at radius 3 is 2.50 bits per heavy atom. The van der Waals surface area contributed by atoms with E-state index in [9.17, 15) is 14.3 Å². The molecule has 3 aliphatic rings. The van der Waals surface area contributed by atoms with Gasteiger partial charge in [-0.25, -0.2) is 9.18 Å². The van der Waals surface area contributed by atoms with Gasteiger partial charge in [-0.3, -0.25) is 9.80 Å². The number of piperazine rings is 1. The van der Waals surface area contributed by atoms with Crippen molar-refractivity contribution in [2.75, 3.05) is 31.9 Å². The zero-order chi connectivity index (χ0) is 21.3. The minimum Gasteiger partial charge on any atom is -0.478 e. The third kappa shape index (κ3) is 4.58. The summed E-state index contributed by atoms with van der Waals surface area (Å²) in [6.07, 6.45) is 4.69. The molecule has 30 heavy (non-hydrogen) atoms. The maximum absolute atomic E-state index is 13.9. The molecule has 0 radical (unpaired) electrons. The number of hydrogen-bond acceptors (Lipinski definition) is 5. The molecular weight excluding hydrogens is 401 g/mol. The molecule has 1 atom stereocenters.